The topological polar surface area (TPSA) is 80.2 Å². The van der Waals surface area contributed by atoms with Crippen LogP contribution in [-0.4, -0.2) is 46.5 Å². The summed E-state index contributed by atoms with van der Waals surface area (Å²) in [6.45, 7) is 1.92. The molecule has 0 aliphatic heterocycles. The Labute approximate surface area is 181 Å². The first-order valence-electron chi connectivity index (χ1n) is 9.43. The molecule has 0 aliphatic carbocycles. The first-order chi connectivity index (χ1) is 15.1. The van der Waals surface area contributed by atoms with Gasteiger partial charge in [0, 0.05) is 25.3 Å². The molecule has 0 bridgehead atoms. The number of rotatable bonds is 6. The van der Waals surface area contributed by atoms with Crippen LogP contribution in [0, 0.1) is 5.82 Å². The summed E-state index contributed by atoms with van der Waals surface area (Å²) in [5, 5.41) is 2.69. The molecule has 3 rings (SSSR count). The smallest absolute Gasteiger partial charge is 0.416 e. The SMILES string of the molecule is CCOc1nc(Nc2cccc(C(F)(F)F)c2)nc(-c2ccc(C(=O)N(C)C)c(F)c2)n1. The Kier molecular flexibility index (Phi) is 6.56. The van der Waals surface area contributed by atoms with Crippen molar-refractivity contribution in [1.29, 1.82) is 0 Å². The molecule has 0 aliphatic rings. The minimum atomic E-state index is -4.51. The Morgan fingerprint density at radius 1 is 1.09 bits per heavy atom. The lowest BCUT2D eigenvalue weighted by atomic mass is 10.1. The van der Waals surface area contributed by atoms with E-state index in [1.807, 2.05) is 0 Å². The molecule has 1 N–H and O–H groups in total. The van der Waals surface area contributed by atoms with Crippen LogP contribution in [0.3, 0.4) is 0 Å². The van der Waals surface area contributed by atoms with Gasteiger partial charge in [0.15, 0.2) is 5.82 Å². The highest BCUT2D eigenvalue weighted by Gasteiger charge is 2.30. The van der Waals surface area contributed by atoms with Crippen molar-refractivity contribution in [1.82, 2.24) is 19.9 Å². The van der Waals surface area contributed by atoms with E-state index >= 15 is 0 Å². The Bertz CT molecular complexity index is 1140. The molecule has 0 atom stereocenters. The zero-order chi connectivity index (χ0) is 23.5. The number of carbonyl (C=O) groups is 1. The fraction of sp³-hybridized carbons (Fsp3) is 0.238. The summed E-state index contributed by atoms with van der Waals surface area (Å²) >= 11 is 0. The second-order valence-corrected chi connectivity index (χ2v) is 6.80. The van der Waals surface area contributed by atoms with Gasteiger partial charge in [-0.05, 0) is 37.3 Å². The maximum atomic E-state index is 14.5. The van der Waals surface area contributed by atoms with E-state index in [0.29, 0.717) is 0 Å². The Hall–Kier alpha value is -3.76. The van der Waals surface area contributed by atoms with Crippen LogP contribution in [0.4, 0.5) is 29.2 Å². The van der Waals surface area contributed by atoms with Crippen molar-refractivity contribution in [3.63, 3.8) is 0 Å². The summed E-state index contributed by atoms with van der Waals surface area (Å²) in [6, 6.07) is 8.26. The zero-order valence-corrected chi connectivity index (χ0v) is 17.4. The van der Waals surface area contributed by atoms with Crippen molar-refractivity contribution >= 4 is 17.5 Å². The number of halogens is 4. The van der Waals surface area contributed by atoms with Gasteiger partial charge < -0.3 is 15.0 Å². The number of hydrogen-bond acceptors (Lipinski definition) is 6. The van der Waals surface area contributed by atoms with Crippen LogP contribution in [0.25, 0.3) is 11.4 Å². The molecule has 168 valence electrons. The van der Waals surface area contributed by atoms with E-state index in [4.69, 9.17) is 4.74 Å². The van der Waals surface area contributed by atoms with E-state index in [1.54, 1.807) is 6.92 Å². The first kappa shape index (κ1) is 22.9. The summed E-state index contributed by atoms with van der Waals surface area (Å²) in [6.07, 6.45) is -4.51. The van der Waals surface area contributed by atoms with Gasteiger partial charge >= 0.3 is 12.2 Å². The van der Waals surface area contributed by atoms with Crippen molar-refractivity contribution < 1.29 is 27.1 Å². The molecular formula is C21H19F4N5O2. The normalized spacial score (nSPS) is 11.2. The number of nitrogens with one attached hydrogen (secondary N) is 1. The maximum Gasteiger partial charge on any atom is 0.416 e. The molecule has 0 saturated heterocycles. The molecule has 0 unspecified atom stereocenters. The summed E-state index contributed by atoms with van der Waals surface area (Å²) in [5.41, 5.74) is -0.643. The summed E-state index contributed by atoms with van der Waals surface area (Å²) < 4.78 is 58.8. The number of hydrogen-bond donors (Lipinski definition) is 1. The molecule has 32 heavy (non-hydrogen) atoms. The molecule has 0 radical (unpaired) electrons. The van der Waals surface area contributed by atoms with Crippen LogP contribution in [-0.2, 0) is 6.18 Å². The number of benzene rings is 2. The van der Waals surface area contributed by atoms with Crippen LogP contribution in [0.2, 0.25) is 0 Å². The fourth-order valence-corrected chi connectivity index (χ4v) is 2.71. The number of aromatic nitrogens is 3. The number of carbonyl (C=O) groups excluding carboxylic acids is 1. The standard InChI is InChI=1S/C21H19F4N5O2/c1-4-32-20-28-17(12-8-9-15(16(22)10-12)18(31)30(2)3)27-19(29-20)26-14-7-5-6-13(11-14)21(23,24)25/h5-11H,4H2,1-3H3,(H,26,27,28,29). The molecule has 0 fully saturated rings. The van der Waals surface area contributed by atoms with E-state index in [-0.39, 0.29) is 41.2 Å². The van der Waals surface area contributed by atoms with Crippen molar-refractivity contribution in [2.24, 2.45) is 0 Å². The van der Waals surface area contributed by atoms with Gasteiger partial charge in [0.05, 0.1) is 17.7 Å². The largest absolute Gasteiger partial charge is 0.464 e. The monoisotopic (exact) mass is 449 g/mol. The lowest BCUT2D eigenvalue weighted by molar-refractivity contribution is -0.137. The van der Waals surface area contributed by atoms with Gasteiger partial charge in [-0.25, -0.2) is 4.39 Å². The summed E-state index contributed by atoms with van der Waals surface area (Å²) in [4.78, 5) is 25.6. The molecule has 2 aromatic carbocycles. The molecule has 1 aromatic heterocycles. The van der Waals surface area contributed by atoms with Gasteiger partial charge in [-0.15, -0.1) is 0 Å². The third-order valence-electron chi connectivity index (χ3n) is 4.20. The van der Waals surface area contributed by atoms with E-state index in [9.17, 15) is 22.4 Å². The minimum absolute atomic E-state index is 0.0145. The van der Waals surface area contributed by atoms with Gasteiger partial charge in [0.25, 0.3) is 5.91 Å². The second-order valence-electron chi connectivity index (χ2n) is 6.80. The lowest BCUT2D eigenvalue weighted by Gasteiger charge is -2.13. The molecule has 0 spiro atoms. The van der Waals surface area contributed by atoms with E-state index < -0.39 is 23.5 Å². The predicted molar refractivity (Wildman–Crippen MR) is 109 cm³/mol. The lowest BCUT2D eigenvalue weighted by Crippen LogP contribution is -2.22. The number of anilines is 2. The number of alkyl halides is 3. The van der Waals surface area contributed by atoms with E-state index in [1.165, 1.54) is 43.3 Å². The Morgan fingerprint density at radius 3 is 2.47 bits per heavy atom. The molecular weight excluding hydrogens is 430 g/mol. The van der Waals surface area contributed by atoms with Crippen LogP contribution in [0.1, 0.15) is 22.8 Å². The second kappa shape index (κ2) is 9.16. The van der Waals surface area contributed by atoms with Gasteiger partial charge in [-0.1, -0.05) is 12.1 Å². The molecule has 7 nitrogen and oxygen atoms in total. The quantitative estimate of drug-likeness (QED) is 0.557. The number of amides is 1. The highest BCUT2D eigenvalue weighted by atomic mass is 19.4. The van der Waals surface area contributed by atoms with Gasteiger partial charge in [0.1, 0.15) is 5.82 Å². The molecule has 11 heteroatoms. The van der Waals surface area contributed by atoms with Crippen molar-refractivity contribution in [2.75, 3.05) is 26.0 Å². The number of nitrogens with zero attached hydrogens (tertiary/aromatic N) is 4. The van der Waals surface area contributed by atoms with Crippen LogP contribution >= 0.6 is 0 Å². The highest BCUT2D eigenvalue weighted by Crippen LogP contribution is 2.31. The molecule has 0 saturated carbocycles. The third kappa shape index (κ3) is 5.29. The van der Waals surface area contributed by atoms with Gasteiger partial charge in [-0.3, -0.25) is 4.79 Å². The van der Waals surface area contributed by atoms with Crippen molar-refractivity contribution in [2.45, 2.75) is 13.1 Å². The van der Waals surface area contributed by atoms with E-state index in [0.717, 1.165) is 18.2 Å². The molecule has 1 heterocycles. The summed E-state index contributed by atoms with van der Waals surface area (Å²) in [7, 11) is 3.00. The van der Waals surface area contributed by atoms with Gasteiger partial charge in [-0.2, -0.15) is 28.1 Å². The highest BCUT2D eigenvalue weighted by molar-refractivity contribution is 5.94. The summed E-state index contributed by atoms with van der Waals surface area (Å²) in [5.74, 6) is -1.36. The zero-order valence-electron chi connectivity index (χ0n) is 17.4. The average molecular weight is 449 g/mol. The van der Waals surface area contributed by atoms with Crippen LogP contribution < -0.4 is 10.1 Å². The average Bonchev–Trinajstić information content (AvgIpc) is 2.73. The molecule has 3 aromatic rings. The number of ether oxygens (including phenoxy) is 1. The van der Waals surface area contributed by atoms with Crippen LogP contribution in [0.15, 0.2) is 42.5 Å². The Morgan fingerprint density at radius 2 is 1.84 bits per heavy atom. The predicted octanol–water partition coefficient (Wildman–Crippen LogP) is 4.54. The Balaban J connectivity index is 1.98. The fourth-order valence-electron chi connectivity index (χ4n) is 2.71. The minimum Gasteiger partial charge on any atom is -0.464 e. The maximum absolute atomic E-state index is 14.5. The first-order valence-corrected chi connectivity index (χ1v) is 9.43. The van der Waals surface area contributed by atoms with E-state index in [2.05, 4.69) is 20.3 Å². The molecule has 1 amide bonds. The van der Waals surface area contributed by atoms with Crippen molar-refractivity contribution in [3.8, 4) is 17.4 Å². The van der Waals surface area contributed by atoms with Crippen molar-refractivity contribution in [3.05, 3.63) is 59.4 Å². The third-order valence-corrected chi connectivity index (χ3v) is 4.20. The van der Waals surface area contributed by atoms with Crippen LogP contribution in [0.5, 0.6) is 6.01 Å². The van der Waals surface area contributed by atoms with Gasteiger partial charge in [0.2, 0.25) is 5.95 Å².